The summed E-state index contributed by atoms with van der Waals surface area (Å²) in [5.41, 5.74) is 0.444. The first kappa shape index (κ1) is 18.4. The molecule has 0 radical (unpaired) electrons. The Morgan fingerprint density at radius 2 is 1.86 bits per heavy atom. The summed E-state index contributed by atoms with van der Waals surface area (Å²) in [5.74, 6) is 1.17. The molecule has 0 bridgehead atoms. The smallest absolute Gasteiger partial charge is 0.225 e. The van der Waals surface area contributed by atoms with Crippen molar-refractivity contribution in [2.24, 2.45) is 11.3 Å². The predicted molar refractivity (Wildman–Crippen MR) is 104 cm³/mol. The van der Waals surface area contributed by atoms with Crippen molar-refractivity contribution >= 4 is 5.91 Å². The van der Waals surface area contributed by atoms with Gasteiger partial charge in [0, 0.05) is 30.5 Å². The van der Waals surface area contributed by atoms with Crippen LogP contribution < -0.4 is 4.74 Å². The lowest BCUT2D eigenvalue weighted by molar-refractivity contribution is -0.164. The maximum atomic E-state index is 14.2. The highest BCUT2D eigenvalue weighted by Crippen LogP contribution is 2.47. The normalized spacial score (nSPS) is 32.0. The largest absolute Gasteiger partial charge is 0.490 e. The number of nitrogens with zero attached hydrogens (tertiary/aromatic N) is 1. The van der Waals surface area contributed by atoms with Gasteiger partial charge in [0.15, 0.2) is 0 Å². The van der Waals surface area contributed by atoms with E-state index < -0.39 is 5.60 Å². The van der Waals surface area contributed by atoms with Gasteiger partial charge in [0.1, 0.15) is 11.6 Å². The SMILES string of the molecule is C[C@]1(O)C[C@@H](C(=O)N2CC3(CCC(Oc4ccc(C5CC5)c(F)c4)CC3)C2)C1. The number of hydrogen-bond acceptors (Lipinski definition) is 3. The fourth-order valence-electron chi connectivity index (χ4n) is 5.49. The molecule has 3 aliphatic carbocycles. The molecule has 1 amide bonds. The Balaban J connectivity index is 1.10. The van der Waals surface area contributed by atoms with Crippen LogP contribution in [0.15, 0.2) is 18.2 Å². The van der Waals surface area contributed by atoms with Gasteiger partial charge >= 0.3 is 0 Å². The molecule has 4 fully saturated rings. The minimum Gasteiger partial charge on any atom is -0.490 e. The summed E-state index contributed by atoms with van der Waals surface area (Å²) in [7, 11) is 0. The number of amides is 1. The third-order valence-electron chi connectivity index (χ3n) is 7.37. The maximum absolute atomic E-state index is 14.2. The second-order valence-corrected chi connectivity index (χ2v) is 10.1. The van der Waals surface area contributed by atoms with E-state index in [0.717, 1.165) is 57.2 Å². The lowest BCUT2D eigenvalue weighted by Crippen LogP contribution is -2.63. The predicted octanol–water partition coefficient (Wildman–Crippen LogP) is 4.01. The fourth-order valence-corrected chi connectivity index (χ4v) is 5.49. The van der Waals surface area contributed by atoms with E-state index in [2.05, 4.69) is 0 Å². The van der Waals surface area contributed by atoms with E-state index in [1.54, 1.807) is 13.0 Å². The van der Waals surface area contributed by atoms with Gasteiger partial charge in [0.2, 0.25) is 5.91 Å². The quantitative estimate of drug-likeness (QED) is 0.849. The number of benzene rings is 1. The van der Waals surface area contributed by atoms with E-state index in [-0.39, 0.29) is 29.2 Å². The first-order chi connectivity index (χ1) is 13.3. The van der Waals surface area contributed by atoms with Gasteiger partial charge in [-0.15, -0.1) is 0 Å². The Kier molecular flexibility index (Phi) is 4.24. The van der Waals surface area contributed by atoms with E-state index in [1.807, 2.05) is 17.0 Å². The van der Waals surface area contributed by atoms with E-state index in [0.29, 0.717) is 24.5 Å². The van der Waals surface area contributed by atoms with Crippen LogP contribution in [0.25, 0.3) is 0 Å². The third-order valence-corrected chi connectivity index (χ3v) is 7.37. The number of ether oxygens (including phenoxy) is 1. The molecule has 1 aromatic rings. The fraction of sp³-hybridized carbons (Fsp3) is 0.696. The molecule has 1 aliphatic heterocycles. The van der Waals surface area contributed by atoms with Crippen LogP contribution in [-0.4, -0.2) is 40.7 Å². The monoisotopic (exact) mass is 387 g/mol. The van der Waals surface area contributed by atoms with Crippen molar-refractivity contribution in [3.8, 4) is 5.75 Å². The van der Waals surface area contributed by atoms with Crippen LogP contribution in [0.4, 0.5) is 4.39 Å². The minimum absolute atomic E-state index is 0.0144. The van der Waals surface area contributed by atoms with Crippen molar-refractivity contribution in [1.29, 1.82) is 0 Å². The molecule has 1 aromatic carbocycles. The van der Waals surface area contributed by atoms with Crippen LogP contribution in [0, 0.1) is 17.2 Å². The molecule has 3 saturated carbocycles. The first-order valence-electron chi connectivity index (χ1n) is 10.8. The molecule has 1 spiro atoms. The number of likely N-dealkylation sites (tertiary alicyclic amines) is 1. The number of hydrogen-bond donors (Lipinski definition) is 1. The van der Waals surface area contributed by atoms with E-state index in [1.165, 1.54) is 0 Å². The molecule has 4 nitrogen and oxygen atoms in total. The summed E-state index contributed by atoms with van der Waals surface area (Å²) < 4.78 is 20.3. The van der Waals surface area contributed by atoms with Crippen molar-refractivity contribution in [3.05, 3.63) is 29.6 Å². The zero-order valence-electron chi connectivity index (χ0n) is 16.6. The molecule has 152 valence electrons. The van der Waals surface area contributed by atoms with Crippen LogP contribution in [0.1, 0.15) is 69.8 Å². The lowest BCUT2D eigenvalue weighted by Gasteiger charge is -2.55. The van der Waals surface area contributed by atoms with Crippen molar-refractivity contribution in [3.63, 3.8) is 0 Å². The zero-order chi connectivity index (χ0) is 19.5. The molecule has 5 heteroatoms. The Hall–Kier alpha value is -1.62. The van der Waals surface area contributed by atoms with Gasteiger partial charge in [-0.25, -0.2) is 4.39 Å². The molecule has 1 saturated heterocycles. The van der Waals surface area contributed by atoms with Crippen LogP contribution in [0.5, 0.6) is 5.75 Å². The molecular formula is C23H30FNO3. The minimum atomic E-state index is -0.644. The van der Waals surface area contributed by atoms with Crippen LogP contribution in [0.2, 0.25) is 0 Å². The zero-order valence-corrected chi connectivity index (χ0v) is 16.6. The lowest BCUT2D eigenvalue weighted by atomic mass is 9.66. The highest BCUT2D eigenvalue weighted by molar-refractivity contribution is 5.81. The Labute approximate surface area is 166 Å². The summed E-state index contributed by atoms with van der Waals surface area (Å²) in [5, 5.41) is 9.85. The van der Waals surface area contributed by atoms with Crippen molar-refractivity contribution < 1.29 is 19.0 Å². The molecule has 4 aliphatic rings. The topological polar surface area (TPSA) is 49.8 Å². The molecule has 0 atom stereocenters. The number of aliphatic hydroxyl groups is 1. The summed E-state index contributed by atoms with van der Waals surface area (Å²) in [4.78, 5) is 14.5. The molecule has 28 heavy (non-hydrogen) atoms. The average molecular weight is 387 g/mol. The van der Waals surface area contributed by atoms with Gasteiger partial charge < -0.3 is 14.7 Å². The Bertz CT molecular complexity index is 764. The standard InChI is InChI=1S/C23H30FNO3/c1-22(27)11-16(12-22)21(26)25-13-23(14-25)8-6-17(7-9-23)28-18-4-5-19(15-2-3-15)20(24)10-18/h4-5,10,15-17,27H,2-3,6-9,11-14H2,1H3/t16-,22+. The Morgan fingerprint density at radius 3 is 2.43 bits per heavy atom. The van der Waals surface area contributed by atoms with Gasteiger partial charge in [-0.3, -0.25) is 4.79 Å². The molecule has 5 rings (SSSR count). The number of rotatable bonds is 4. The molecule has 1 heterocycles. The first-order valence-corrected chi connectivity index (χ1v) is 10.8. The van der Waals surface area contributed by atoms with Crippen LogP contribution in [-0.2, 0) is 4.79 Å². The van der Waals surface area contributed by atoms with Crippen molar-refractivity contribution in [1.82, 2.24) is 4.90 Å². The highest BCUT2D eigenvalue weighted by atomic mass is 19.1. The maximum Gasteiger partial charge on any atom is 0.225 e. The summed E-state index contributed by atoms with van der Waals surface area (Å²) in [6, 6.07) is 5.35. The third kappa shape index (κ3) is 3.42. The Morgan fingerprint density at radius 1 is 1.18 bits per heavy atom. The second-order valence-electron chi connectivity index (χ2n) is 10.1. The van der Waals surface area contributed by atoms with E-state index in [4.69, 9.17) is 4.74 Å². The highest BCUT2D eigenvalue weighted by Gasteiger charge is 2.51. The summed E-state index contributed by atoms with van der Waals surface area (Å²) in [6.45, 7) is 3.50. The van der Waals surface area contributed by atoms with Gasteiger partial charge in [-0.1, -0.05) is 6.07 Å². The molecule has 0 aromatic heterocycles. The average Bonchev–Trinajstić information content (AvgIpc) is 3.43. The van der Waals surface area contributed by atoms with Gasteiger partial charge in [-0.2, -0.15) is 0 Å². The summed E-state index contributed by atoms with van der Waals surface area (Å²) in [6.07, 6.45) is 7.59. The van der Waals surface area contributed by atoms with E-state index >= 15 is 0 Å². The number of carbonyl (C=O) groups is 1. The van der Waals surface area contributed by atoms with Gasteiger partial charge in [0.25, 0.3) is 0 Å². The van der Waals surface area contributed by atoms with Crippen molar-refractivity contribution in [2.75, 3.05) is 13.1 Å². The number of carbonyl (C=O) groups excluding carboxylic acids is 1. The van der Waals surface area contributed by atoms with Crippen molar-refractivity contribution in [2.45, 2.75) is 75.9 Å². The molecule has 1 N–H and O–H groups in total. The van der Waals surface area contributed by atoms with Gasteiger partial charge in [0.05, 0.1) is 11.7 Å². The number of halogens is 1. The molecular weight excluding hydrogens is 357 g/mol. The van der Waals surface area contributed by atoms with Crippen LogP contribution >= 0.6 is 0 Å². The van der Waals surface area contributed by atoms with E-state index in [9.17, 15) is 14.3 Å². The van der Waals surface area contributed by atoms with Crippen LogP contribution in [0.3, 0.4) is 0 Å². The summed E-state index contributed by atoms with van der Waals surface area (Å²) >= 11 is 0. The molecule has 0 unspecified atom stereocenters. The second kappa shape index (κ2) is 6.45. The van der Waals surface area contributed by atoms with Gasteiger partial charge in [-0.05, 0) is 75.8 Å².